The average molecular weight is 499 g/mol. The summed E-state index contributed by atoms with van der Waals surface area (Å²) in [6.45, 7) is 0.0381. The van der Waals surface area contributed by atoms with Gasteiger partial charge in [-0.2, -0.15) is 0 Å². The van der Waals surface area contributed by atoms with Crippen molar-refractivity contribution in [2.24, 2.45) is 0 Å². The minimum Gasteiger partial charge on any atom is -0.394 e. The third kappa shape index (κ3) is 5.91. The van der Waals surface area contributed by atoms with Gasteiger partial charge in [-0.25, -0.2) is 4.39 Å². The molecule has 0 aliphatic heterocycles. The third-order valence-corrected chi connectivity index (χ3v) is 7.58. The van der Waals surface area contributed by atoms with E-state index in [4.69, 9.17) is 5.11 Å². The van der Waals surface area contributed by atoms with Crippen LogP contribution in [-0.4, -0.2) is 55.9 Å². The molecule has 1 fully saturated rings. The molecule has 0 radical (unpaired) electrons. The fraction of sp³-hybridized carbons (Fsp3) is 0.423. The van der Waals surface area contributed by atoms with E-state index >= 15 is 0 Å². The maximum Gasteiger partial charge on any atom is 0.230 e. The van der Waals surface area contributed by atoms with E-state index in [-0.39, 0.29) is 24.1 Å². The van der Waals surface area contributed by atoms with Gasteiger partial charge in [0.2, 0.25) is 5.91 Å². The summed E-state index contributed by atoms with van der Waals surface area (Å²) >= 11 is 1.26. The molecule has 0 saturated heterocycles. The van der Waals surface area contributed by atoms with Crippen molar-refractivity contribution < 1.29 is 19.4 Å². The van der Waals surface area contributed by atoms with E-state index in [9.17, 15) is 14.3 Å². The van der Waals surface area contributed by atoms with Crippen LogP contribution in [0.2, 0.25) is 0 Å². The summed E-state index contributed by atoms with van der Waals surface area (Å²) < 4.78 is 15.3. The van der Waals surface area contributed by atoms with Crippen LogP contribution in [0.4, 0.5) is 4.39 Å². The molecule has 3 aromatic rings. The third-order valence-electron chi connectivity index (χ3n) is 6.50. The molecule has 1 aliphatic carbocycles. The fourth-order valence-electron chi connectivity index (χ4n) is 4.64. The standard InChI is InChI=1S/C26H31FN4O3S/c27-20-9-11-21(12-10-20)31-23(29-30-25(31)35-18-22(33)17-32)13-16-28-24(34)26(14-5-2-6-15-26)19-7-3-1-4-8-19/h1,3-4,7-12,22,32-33H,2,5-6,13-18H2,(H,28,34). The molecule has 186 valence electrons. The smallest absolute Gasteiger partial charge is 0.230 e. The van der Waals surface area contributed by atoms with Gasteiger partial charge in [-0.3, -0.25) is 9.36 Å². The van der Waals surface area contributed by atoms with Crippen LogP contribution in [0.1, 0.15) is 43.5 Å². The van der Waals surface area contributed by atoms with Crippen molar-refractivity contribution in [3.05, 3.63) is 71.8 Å². The lowest BCUT2D eigenvalue weighted by atomic mass is 9.68. The molecule has 1 unspecified atom stereocenters. The van der Waals surface area contributed by atoms with Crippen molar-refractivity contribution >= 4 is 17.7 Å². The lowest BCUT2D eigenvalue weighted by molar-refractivity contribution is -0.128. The first-order chi connectivity index (χ1) is 17.0. The molecular weight excluding hydrogens is 467 g/mol. The zero-order chi connectivity index (χ0) is 24.7. The predicted octanol–water partition coefficient (Wildman–Crippen LogP) is 3.41. The van der Waals surface area contributed by atoms with E-state index in [1.54, 1.807) is 16.7 Å². The number of hydrogen-bond acceptors (Lipinski definition) is 6. The Labute approximate surface area is 208 Å². The van der Waals surface area contributed by atoms with Gasteiger partial charge in [-0.1, -0.05) is 61.4 Å². The van der Waals surface area contributed by atoms with Crippen molar-refractivity contribution in [3.8, 4) is 5.69 Å². The number of benzene rings is 2. The zero-order valence-electron chi connectivity index (χ0n) is 19.6. The van der Waals surface area contributed by atoms with Crippen LogP contribution in [0, 0.1) is 5.82 Å². The number of aliphatic hydroxyl groups is 2. The highest BCUT2D eigenvalue weighted by Crippen LogP contribution is 2.39. The summed E-state index contributed by atoms with van der Waals surface area (Å²) in [6, 6.07) is 16.0. The lowest BCUT2D eigenvalue weighted by Crippen LogP contribution is -2.46. The van der Waals surface area contributed by atoms with Crippen LogP contribution in [-0.2, 0) is 16.6 Å². The van der Waals surface area contributed by atoms with Gasteiger partial charge in [-0.05, 0) is 42.7 Å². The Kier molecular flexibility index (Phi) is 8.54. The van der Waals surface area contributed by atoms with E-state index in [2.05, 4.69) is 15.5 Å². The maximum atomic E-state index is 13.5. The number of carbonyl (C=O) groups excluding carboxylic acids is 1. The Hall–Kier alpha value is -2.75. The highest BCUT2D eigenvalue weighted by Gasteiger charge is 2.40. The van der Waals surface area contributed by atoms with Crippen molar-refractivity contribution in [1.82, 2.24) is 20.1 Å². The molecule has 1 amide bonds. The van der Waals surface area contributed by atoms with Gasteiger partial charge in [0, 0.05) is 24.4 Å². The minimum atomic E-state index is -0.884. The number of amides is 1. The van der Waals surface area contributed by atoms with Crippen molar-refractivity contribution in [2.45, 2.75) is 55.2 Å². The Morgan fingerprint density at radius 2 is 1.80 bits per heavy atom. The van der Waals surface area contributed by atoms with E-state index in [0.717, 1.165) is 37.7 Å². The molecule has 1 saturated carbocycles. The second-order valence-corrected chi connectivity index (χ2v) is 9.86. The first-order valence-corrected chi connectivity index (χ1v) is 13.0. The summed E-state index contributed by atoms with van der Waals surface area (Å²) in [4.78, 5) is 13.5. The number of carbonyl (C=O) groups is 1. The molecule has 9 heteroatoms. The van der Waals surface area contributed by atoms with E-state index in [1.165, 1.54) is 23.9 Å². The van der Waals surface area contributed by atoms with Crippen LogP contribution in [0.25, 0.3) is 5.69 Å². The summed E-state index contributed by atoms with van der Waals surface area (Å²) in [6.07, 6.45) is 4.43. The minimum absolute atomic E-state index is 0.0388. The molecule has 1 aliphatic rings. The fourth-order valence-corrected chi connectivity index (χ4v) is 5.53. The highest BCUT2D eigenvalue weighted by molar-refractivity contribution is 7.99. The molecule has 0 bridgehead atoms. The largest absolute Gasteiger partial charge is 0.394 e. The number of nitrogens with zero attached hydrogens (tertiary/aromatic N) is 3. The van der Waals surface area contributed by atoms with Crippen molar-refractivity contribution in [1.29, 1.82) is 0 Å². The number of hydrogen-bond donors (Lipinski definition) is 3. The summed E-state index contributed by atoms with van der Waals surface area (Å²) in [5, 5.41) is 31.1. The second-order valence-electron chi connectivity index (χ2n) is 8.87. The SMILES string of the molecule is O=C(NCCc1nnc(SCC(O)CO)n1-c1ccc(F)cc1)C1(c2ccccc2)CCCCC1. The first-order valence-electron chi connectivity index (χ1n) is 12.0. The van der Waals surface area contributed by atoms with E-state index in [0.29, 0.717) is 29.6 Å². The van der Waals surface area contributed by atoms with Crippen LogP contribution in [0.5, 0.6) is 0 Å². The Balaban J connectivity index is 1.50. The zero-order valence-corrected chi connectivity index (χ0v) is 20.4. The molecule has 7 nitrogen and oxygen atoms in total. The molecule has 1 heterocycles. The lowest BCUT2D eigenvalue weighted by Gasteiger charge is -2.36. The molecule has 2 aromatic carbocycles. The molecule has 35 heavy (non-hydrogen) atoms. The highest BCUT2D eigenvalue weighted by atomic mass is 32.2. The van der Waals surface area contributed by atoms with Crippen LogP contribution in [0.15, 0.2) is 59.8 Å². The normalized spacial score (nSPS) is 16.1. The number of rotatable bonds is 10. The van der Waals surface area contributed by atoms with Crippen LogP contribution in [0.3, 0.4) is 0 Å². The number of thioether (sulfide) groups is 1. The Bertz CT molecular complexity index is 1100. The van der Waals surface area contributed by atoms with Crippen LogP contribution >= 0.6 is 11.8 Å². The number of nitrogens with one attached hydrogen (secondary N) is 1. The summed E-state index contributed by atoms with van der Waals surface area (Å²) in [5.74, 6) is 0.554. The van der Waals surface area contributed by atoms with Crippen molar-refractivity contribution in [3.63, 3.8) is 0 Å². The van der Waals surface area contributed by atoms with Gasteiger partial charge < -0.3 is 15.5 Å². The van der Waals surface area contributed by atoms with Gasteiger partial charge in [0.15, 0.2) is 5.16 Å². The topological polar surface area (TPSA) is 100 Å². The Morgan fingerprint density at radius 1 is 1.09 bits per heavy atom. The molecular formula is C26H31FN4O3S. The molecule has 0 spiro atoms. The maximum absolute atomic E-state index is 13.5. The van der Waals surface area contributed by atoms with Gasteiger partial charge in [0.25, 0.3) is 0 Å². The first kappa shape index (κ1) is 25.3. The predicted molar refractivity (Wildman–Crippen MR) is 133 cm³/mol. The van der Waals surface area contributed by atoms with Crippen LogP contribution < -0.4 is 5.32 Å². The number of aliphatic hydroxyl groups excluding tert-OH is 2. The monoisotopic (exact) mass is 498 g/mol. The van der Waals surface area contributed by atoms with Gasteiger partial charge in [0.1, 0.15) is 11.6 Å². The molecule has 1 aromatic heterocycles. The molecule has 1 atom stereocenters. The van der Waals surface area contributed by atoms with Gasteiger partial charge in [-0.15, -0.1) is 10.2 Å². The van der Waals surface area contributed by atoms with E-state index < -0.39 is 11.5 Å². The van der Waals surface area contributed by atoms with Crippen molar-refractivity contribution in [2.75, 3.05) is 18.9 Å². The van der Waals surface area contributed by atoms with E-state index in [1.807, 2.05) is 30.3 Å². The Morgan fingerprint density at radius 3 is 2.49 bits per heavy atom. The second kappa shape index (κ2) is 11.8. The molecule has 3 N–H and O–H groups in total. The van der Waals surface area contributed by atoms with Gasteiger partial charge >= 0.3 is 0 Å². The summed E-state index contributed by atoms with van der Waals surface area (Å²) in [7, 11) is 0. The number of halogens is 1. The van der Waals surface area contributed by atoms with Gasteiger partial charge in [0.05, 0.1) is 18.1 Å². The summed E-state index contributed by atoms with van der Waals surface area (Å²) in [5.41, 5.74) is 1.24. The average Bonchev–Trinajstić information content (AvgIpc) is 3.31. The number of aromatic nitrogens is 3. The molecule has 4 rings (SSSR count). The quantitative estimate of drug-likeness (QED) is 0.371.